The van der Waals surface area contributed by atoms with E-state index < -0.39 is 11.7 Å². The second-order valence-corrected chi connectivity index (χ2v) is 6.51. The summed E-state index contributed by atoms with van der Waals surface area (Å²) in [5.74, 6) is -0.295. The number of ether oxygens (including phenoxy) is 1. The van der Waals surface area contributed by atoms with E-state index in [1.165, 1.54) is 16.9 Å². The second kappa shape index (κ2) is 7.71. The van der Waals surface area contributed by atoms with Crippen LogP contribution in [0, 0.1) is 12.7 Å². The van der Waals surface area contributed by atoms with Crippen molar-refractivity contribution in [1.29, 1.82) is 0 Å². The van der Waals surface area contributed by atoms with Crippen molar-refractivity contribution in [2.45, 2.75) is 13.8 Å². The SMILES string of the molecule is CCOc1ccc(-n2nc3cc(C)c(NC(=O)c4ccccc4F)cc3n2)cc1. The van der Waals surface area contributed by atoms with Crippen LogP contribution in [-0.2, 0) is 0 Å². The molecule has 1 amide bonds. The highest BCUT2D eigenvalue weighted by Crippen LogP contribution is 2.23. The van der Waals surface area contributed by atoms with E-state index in [0.29, 0.717) is 23.3 Å². The number of nitrogens with one attached hydrogen (secondary N) is 1. The van der Waals surface area contributed by atoms with Crippen LogP contribution in [0.15, 0.2) is 60.7 Å². The van der Waals surface area contributed by atoms with Crippen molar-refractivity contribution >= 4 is 22.6 Å². The quantitative estimate of drug-likeness (QED) is 0.544. The fraction of sp³-hybridized carbons (Fsp3) is 0.136. The summed E-state index contributed by atoms with van der Waals surface area (Å²) in [6, 6.07) is 16.9. The maximum absolute atomic E-state index is 13.9. The maximum Gasteiger partial charge on any atom is 0.258 e. The maximum atomic E-state index is 13.9. The number of nitrogens with zero attached hydrogens (tertiary/aromatic N) is 3. The lowest BCUT2D eigenvalue weighted by Crippen LogP contribution is -2.14. The van der Waals surface area contributed by atoms with Crippen LogP contribution in [0.3, 0.4) is 0 Å². The Hall–Kier alpha value is -3.74. The molecular formula is C22H19FN4O2. The predicted octanol–water partition coefficient (Wildman–Crippen LogP) is 4.52. The molecule has 0 fully saturated rings. The van der Waals surface area contributed by atoms with Crippen LogP contribution in [0.2, 0.25) is 0 Å². The number of hydrogen-bond acceptors (Lipinski definition) is 4. The van der Waals surface area contributed by atoms with Crippen LogP contribution in [-0.4, -0.2) is 27.5 Å². The van der Waals surface area contributed by atoms with E-state index in [1.807, 2.05) is 44.2 Å². The van der Waals surface area contributed by atoms with E-state index in [0.717, 1.165) is 17.0 Å². The van der Waals surface area contributed by atoms with Crippen molar-refractivity contribution in [2.24, 2.45) is 0 Å². The van der Waals surface area contributed by atoms with Crippen LogP contribution in [0.25, 0.3) is 16.7 Å². The molecule has 7 heteroatoms. The minimum Gasteiger partial charge on any atom is -0.494 e. The number of aryl methyl sites for hydroxylation is 1. The Labute approximate surface area is 166 Å². The first-order valence-electron chi connectivity index (χ1n) is 9.22. The summed E-state index contributed by atoms with van der Waals surface area (Å²) < 4.78 is 19.3. The average molecular weight is 390 g/mol. The van der Waals surface area contributed by atoms with Gasteiger partial charge in [-0.2, -0.15) is 4.80 Å². The van der Waals surface area contributed by atoms with Gasteiger partial charge in [0.25, 0.3) is 5.91 Å². The number of aromatic nitrogens is 3. The third kappa shape index (κ3) is 3.80. The van der Waals surface area contributed by atoms with E-state index in [2.05, 4.69) is 15.5 Å². The molecule has 29 heavy (non-hydrogen) atoms. The van der Waals surface area contributed by atoms with Gasteiger partial charge in [-0.1, -0.05) is 12.1 Å². The summed E-state index contributed by atoms with van der Waals surface area (Å²) in [5, 5.41) is 11.8. The molecule has 1 aromatic heterocycles. The third-order valence-corrected chi connectivity index (χ3v) is 4.47. The molecule has 0 aliphatic rings. The minimum absolute atomic E-state index is 0.00922. The molecule has 0 atom stereocenters. The normalized spacial score (nSPS) is 10.9. The van der Waals surface area contributed by atoms with Gasteiger partial charge in [-0.05, 0) is 67.9 Å². The summed E-state index contributed by atoms with van der Waals surface area (Å²) in [6.07, 6.45) is 0. The van der Waals surface area contributed by atoms with Gasteiger partial charge in [0.15, 0.2) is 0 Å². The molecule has 0 aliphatic heterocycles. The van der Waals surface area contributed by atoms with Gasteiger partial charge in [-0.25, -0.2) is 4.39 Å². The monoisotopic (exact) mass is 390 g/mol. The van der Waals surface area contributed by atoms with E-state index in [9.17, 15) is 9.18 Å². The number of amides is 1. The van der Waals surface area contributed by atoms with Gasteiger partial charge in [-0.3, -0.25) is 4.79 Å². The van der Waals surface area contributed by atoms with Gasteiger partial charge in [-0.15, -0.1) is 10.2 Å². The number of rotatable bonds is 5. The lowest BCUT2D eigenvalue weighted by Gasteiger charge is -2.08. The molecule has 4 rings (SSSR count). The van der Waals surface area contributed by atoms with Gasteiger partial charge in [0, 0.05) is 5.69 Å². The van der Waals surface area contributed by atoms with Crippen LogP contribution in [0.5, 0.6) is 5.75 Å². The van der Waals surface area contributed by atoms with Crippen molar-refractivity contribution in [3.05, 3.63) is 77.6 Å². The van der Waals surface area contributed by atoms with Gasteiger partial charge in [0.1, 0.15) is 22.6 Å². The summed E-state index contributed by atoms with van der Waals surface area (Å²) >= 11 is 0. The number of benzene rings is 3. The number of hydrogen-bond donors (Lipinski definition) is 1. The Morgan fingerprint density at radius 2 is 1.76 bits per heavy atom. The van der Waals surface area contributed by atoms with Crippen molar-refractivity contribution in [1.82, 2.24) is 15.0 Å². The van der Waals surface area contributed by atoms with Crippen LogP contribution in [0.4, 0.5) is 10.1 Å². The standard InChI is InChI=1S/C22H19FN4O2/c1-3-29-16-10-8-15(9-11-16)27-25-20-12-14(2)19(13-21(20)26-27)24-22(28)17-6-4-5-7-18(17)23/h4-13H,3H2,1-2H3,(H,24,28). The molecule has 0 saturated heterocycles. The number of halogens is 1. The van der Waals surface area contributed by atoms with Crippen molar-refractivity contribution < 1.29 is 13.9 Å². The highest BCUT2D eigenvalue weighted by Gasteiger charge is 2.14. The van der Waals surface area contributed by atoms with Crippen molar-refractivity contribution in [3.8, 4) is 11.4 Å². The largest absolute Gasteiger partial charge is 0.494 e. The first-order valence-corrected chi connectivity index (χ1v) is 9.22. The minimum atomic E-state index is -0.565. The molecule has 146 valence electrons. The first kappa shape index (κ1) is 18.6. The Balaban J connectivity index is 1.63. The summed E-state index contributed by atoms with van der Waals surface area (Å²) in [6.45, 7) is 4.39. The fourth-order valence-corrected chi connectivity index (χ4v) is 3.00. The molecule has 0 spiro atoms. The Morgan fingerprint density at radius 3 is 2.45 bits per heavy atom. The molecule has 4 aromatic rings. The molecule has 3 aromatic carbocycles. The summed E-state index contributed by atoms with van der Waals surface area (Å²) in [5.41, 5.74) is 3.46. The molecule has 0 saturated carbocycles. The van der Waals surface area contributed by atoms with Crippen molar-refractivity contribution in [3.63, 3.8) is 0 Å². The smallest absolute Gasteiger partial charge is 0.258 e. The molecule has 1 heterocycles. The molecular weight excluding hydrogens is 371 g/mol. The van der Waals surface area contributed by atoms with Gasteiger partial charge in [0.2, 0.25) is 0 Å². The van der Waals surface area contributed by atoms with E-state index in [4.69, 9.17) is 4.74 Å². The second-order valence-electron chi connectivity index (χ2n) is 6.51. The van der Waals surface area contributed by atoms with E-state index in [1.54, 1.807) is 18.2 Å². The molecule has 0 bridgehead atoms. The molecule has 6 nitrogen and oxygen atoms in total. The number of carbonyl (C=O) groups excluding carboxylic acids is 1. The highest BCUT2D eigenvalue weighted by molar-refractivity contribution is 6.05. The van der Waals surface area contributed by atoms with Gasteiger partial charge >= 0.3 is 0 Å². The zero-order valence-corrected chi connectivity index (χ0v) is 16.0. The number of anilines is 1. The Kier molecular flexibility index (Phi) is 4.95. The van der Waals surface area contributed by atoms with Crippen LogP contribution < -0.4 is 10.1 Å². The zero-order chi connectivity index (χ0) is 20.4. The Morgan fingerprint density at radius 1 is 1.07 bits per heavy atom. The molecule has 0 radical (unpaired) electrons. The fourth-order valence-electron chi connectivity index (χ4n) is 3.00. The lowest BCUT2D eigenvalue weighted by molar-refractivity contribution is 0.102. The molecule has 0 unspecified atom stereocenters. The third-order valence-electron chi connectivity index (χ3n) is 4.47. The molecule has 1 N–H and O–H groups in total. The van der Waals surface area contributed by atoms with Crippen LogP contribution >= 0.6 is 0 Å². The number of carbonyl (C=O) groups is 1. The van der Waals surface area contributed by atoms with E-state index >= 15 is 0 Å². The van der Waals surface area contributed by atoms with Crippen LogP contribution in [0.1, 0.15) is 22.8 Å². The predicted molar refractivity (Wildman–Crippen MR) is 109 cm³/mol. The molecule has 0 aliphatic carbocycles. The summed E-state index contributed by atoms with van der Waals surface area (Å²) in [4.78, 5) is 14.0. The van der Waals surface area contributed by atoms with Gasteiger partial charge < -0.3 is 10.1 Å². The Bertz CT molecular complexity index is 1190. The zero-order valence-electron chi connectivity index (χ0n) is 16.0. The number of fused-ring (bicyclic) bond motifs is 1. The van der Waals surface area contributed by atoms with E-state index in [-0.39, 0.29) is 5.56 Å². The summed E-state index contributed by atoms with van der Waals surface area (Å²) in [7, 11) is 0. The first-order chi connectivity index (χ1) is 14.0. The average Bonchev–Trinajstić information content (AvgIpc) is 3.12. The topological polar surface area (TPSA) is 69.0 Å². The van der Waals surface area contributed by atoms with Gasteiger partial charge in [0.05, 0.1) is 17.9 Å². The highest BCUT2D eigenvalue weighted by atomic mass is 19.1. The lowest BCUT2D eigenvalue weighted by atomic mass is 10.1. The van der Waals surface area contributed by atoms with Crippen molar-refractivity contribution in [2.75, 3.05) is 11.9 Å².